The monoisotopic (exact) mass is 323 g/mol. The lowest BCUT2D eigenvalue weighted by atomic mass is 9.79. The number of carbonyl (C=O) groups excluding carboxylic acids is 1. The van der Waals surface area contributed by atoms with Crippen molar-refractivity contribution >= 4 is 22.4 Å². The molecule has 1 aliphatic carbocycles. The van der Waals surface area contributed by atoms with E-state index in [2.05, 4.69) is 52.6 Å². The lowest BCUT2D eigenvalue weighted by molar-refractivity contribution is -0.124. The molecule has 4 rings (SSSR count). The molecule has 1 aliphatic heterocycles. The van der Waals surface area contributed by atoms with Crippen LogP contribution in [-0.2, 0) is 11.2 Å². The van der Waals surface area contributed by atoms with Gasteiger partial charge in [-0.1, -0.05) is 25.1 Å². The fraction of sp³-hybridized carbons (Fsp3) is 0.450. The van der Waals surface area contributed by atoms with Crippen molar-refractivity contribution in [3.8, 4) is 0 Å². The van der Waals surface area contributed by atoms with Crippen molar-refractivity contribution in [3.63, 3.8) is 0 Å². The summed E-state index contributed by atoms with van der Waals surface area (Å²) < 4.78 is 0. The van der Waals surface area contributed by atoms with E-state index in [4.69, 9.17) is 0 Å². The molecular formula is C20H25N3O. The average molecular weight is 323 g/mol. The second-order valence-corrected chi connectivity index (χ2v) is 6.88. The molecule has 1 aromatic heterocycles. The van der Waals surface area contributed by atoms with Crippen molar-refractivity contribution in [1.82, 2.24) is 15.2 Å². The molecule has 4 nitrogen and oxygen atoms in total. The molecule has 2 heterocycles. The first-order valence-corrected chi connectivity index (χ1v) is 9.05. The standard InChI is InChI=1S/C20H25N3O/c1-3-8-23-12-14(20(24)21-4-2)9-16-15-6-5-7-17-19(15)13(11-22-17)10-18(16)23/h5-7,9,11,14,18,22H,3-4,8,10,12H2,1-2H3,(H,21,24). The number of carbonyl (C=O) groups is 1. The number of benzene rings is 1. The molecule has 2 N–H and O–H groups in total. The van der Waals surface area contributed by atoms with Crippen LogP contribution in [0.25, 0.3) is 16.5 Å². The highest BCUT2D eigenvalue weighted by Crippen LogP contribution is 2.41. The molecule has 0 saturated heterocycles. The van der Waals surface area contributed by atoms with E-state index in [1.165, 1.54) is 27.6 Å². The number of fused-ring (bicyclic) bond motifs is 2. The Hall–Kier alpha value is -2.07. The Morgan fingerprint density at radius 3 is 3.04 bits per heavy atom. The van der Waals surface area contributed by atoms with Gasteiger partial charge in [0, 0.05) is 36.2 Å². The minimum absolute atomic E-state index is 0.0569. The number of amides is 1. The maximum absolute atomic E-state index is 12.5. The van der Waals surface area contributed by atoms with Gasteiger partial charge in [-0.3, -0.25) is 9.69 Å². The highest BCUT2D eigenvalue weighted by atomic mass is 16.1. The van der Waals surface area contributed by atoms with Crippen LogP contribution >= 0.6 is 0 Å². The number of nitrogens with one attached hydrogen (secondary N) is 2. The van der Waals surface area contributed by atoms with E-state index in [1.807, 2.05) is 6.92 Å². The fourth-order valence-corrected chi connectivity index (χ4v) is 4.33. The van der Waals surface area contributed by atoms with Crippen LogP contribution in [-0.4, -0.2) is 41.5 Å². The summed E-state index contributed by atoms with van der Waals surface area (Å²) in [6, 6.07) is 6.85. The lowest BCUT2D eigenvalue weighted by Gasteiger charge is -2.41. The topological polar surface area (TPSA) is 48.1 Å². The van der Waals surface area contributed by atoms with Crippen molar-refractivity contribution in [2.75, 3.05) is 19.6 Å². The summed E-state index contributed by atoms with van der Waals surface area (Å²) in [5.41, 5.74) is 5.24. The quantitative estimate of drug-likeness (QED) is 0.909. The number of rotatable bonds is 4. The maximum atomic E-state index is 12.5. The first-order valence-electron chi connectivity index (χ1n) is 9.05. The van der Waals surface area contributed by atoms with Gasteiger partial charge in [0.25, 0.3) is 0 Å². The van der Waals surface area contributed by atoms with Gasteiger partial charge in [0.05, 0.1) is 5.92 Å². The van der Waals surface area contributed by atoms with Gasteiger partial charge in [0.1, 0.15) is 0 Å². The van der Waals surface area contributed by atoms with E-state index in [0.29, 0.717) is 12.6 Å². The summed E-state index contributed by atoms with van der Waals surface area (Å²) in [6.07, 6.45) is 6.53. The van der Waals surface area contributed by atoms with Crippen molar-refractivity contribution < 1.29 is 4.79 Å². The molecule has 1 amide bonds. The van der Waals surface area contributed by atoms with Gasteiger partial charge in [-0.05, 0) is 49.1 Å². The molecule has 24 heavy (non-hydrogen) atoms. The van der Waals surface area contributed by atoms with Crippen molar-refractivity contribution in [1.29, 1.82) is 0 Å². The van der Waals surface area contributed by atoms with Gasteiger partial charge in [-0.2, -0.15) is 0 Å². The van der Waals surface area contributed by atoms with Gasteiger partial charge in [-0.25, -0.2) is 0 Å². The summed E-state index contributed by atoms with van der Waals surface area (Å²) in [5.74, 6) is 0.0927. The van der Waals surface area contributed by atoms with Crippen LogP contribution in [0.3, 0.4) is 0 Å². The largest absolute Gasteiger partial charge is 0.361 e. The number of hydrogen-bond donors (Lipinski definition) is 2. The third-order valence-electron chi connectivity index (χ3n) is 5.32. The van der Waals surface area contributed by atoms with E-state index >= 15 is 0 Å². The first kappa shape index (κ1) is 15.5. The van der Waals surface area contributed by atoms with Crippen LogP contribution in [0.15, 0.2) is 30.5 Å². The zero-order valence-corrected chi connectivity index (χ0v) is 14.4. The van der Waals surface area contributed by atoms with E-state index in [1.54, 1.807) is 0 Å². The van der Waals surface area contributed by atoms with Gasteiger partial charge in [-0.15, -0.1) is 0 Å². The minimum Gasteiger partial charge on any atom is -0.361 e. The zero-order chi connectivity index (χ0) is 16.7. The maximum Gasteiger partial charge on any atom is 0.228 e. The Bertz CT molecular complexity index is 804. The first-order chi connectivity index (χ1) is 11.7. The Kier molecular flexibility index (Phi) is 3.93. The van der Waals surface area contributed by atoms with E-state index in [0.717, 1.165) is 25.9 Å². The minimum atomic E-state index is -0.0569. The molecule has 1 aromatic carbocycles. The van der Waals surface area contributed by atoms with E-state index in [9.17, 15) is 4.79 Å². The smallest absolute Gasteiger partial charge is 0.228 e. The zero-order valence-electron chi connectivity index (χ0n) is 14.4. The molecule has 0 fully saturated rings. The molecule has 2 unspecified atom stereocenters. The summed E-state index contributed by atoms with van der Waals surface area (Å²) in [7, 11) is 0. The molecule has 126 valence electrons. The molecule has 0 spiro atoms. The van der Waals surface area contributed by atoms with Crippen molar-refractivity contribution in [2.24, 2.45) is 5.92 Å². The number of hydrogen-bond acceptors (Lipinski definition) is 2. The highest BCUT2D eigenvalue weighted by Gasteiger charge is 2.36. The molecule has 4 heteroatoms. The van der Waals surface area contributed by atoms with Gasteiger partial charge < -0.3 is 10.3 Å². The van der Waals surface area contributed by atoms with Crippen molar-refractivity contribution in [3.05, 3.63) is 41.6 Å². The summed E-state index contributed by atoms with van der Waals surface area (Å²) in [4.78, 5) is 18.4. The van der Waals surface area contributed by atoms with E-state index < -0.39 is 0 Å². The Morgan fingerprint density at radius 1 is 1.38 bits per heavy atom. The molecule has 2 atom stereocenters. The van der Waals surface area contributed by atoms with Crippen LogP contribution < -0.4 is 5.32 Å². The van der Waals surface area contributed by atoms with Crippen LogP contribution in [0.2, 0.25) is 0 Å². The van der Waals surface area contributed by atoms with E-state index in [-0.39, 0.29) is 11.8 Å². The predicted molar refractivity (Wildman–Crippen MR) is 97.8 cm³/mol. The third kappa shape index (κ3) is 2.37. The number of H-pyrrole nitrogens is 1. The molecule has 0 bridgehead atoms. The van der Waals surface area contributed by atoms with Crippen LogP contribution in [0, 0.1) is 5.92 Å². The number of aromatic nitrogens is 1. The second-order valence-electron chi connectivity index (χ2n) is 6.88. The number of aromatic amines is 1. The van der Waals surface area contributed by atoms with Crippen LogP contribution in [0.5, 0.6) is 0 Å². The van der Waals surface area contributed by atoms with Crippen LogP contribution in [0.4, 0.5) is 0 Å². The average Bonchev–Trinajstić information content (AvgIpc) is 3.00. The predicted octanol–water partition coefficient (Wildman–Crippen LogP) is 2.95. The summed E-state index contributed by atoms with van der Waals surface area (Å²) >= 11 is 0. The van der Waals surface area contributed by atoms with Crippen LogP contribution in [0.1, 0.15) is 31.4 Å². The van der Waals surface area contributed by atoms with Gasteiger partial charge in [0.15, 0.2) is 0 Å². The summed E-state index contributed by atoms with van der Waals surface area (Å²) in [6.45, 7) is 6.74. The molecule has 0 saturated carbocycles. The molecule has 2 aliphatic rings. The SMILES string of the molecule is CCCN1CC(C(=O)NCC)C=C2c3cccc4[nH]cc(c34)CC21. The third-order valence-corrected chi connectivity index (χ3v) is 5.32. The molecule has 0 radical (unpaired) electrons. The van der Waals surface area contributed by atoms with Crippen molar-refractivity contribution in [2.45, 2.75) is 32.7 Å². The Labute approximate surface area is 142 Å². The molecule has 2 aromatic rings. The van der Waals surface area contributed by atoms with Gasteiger partial charge >= 0.3 is 0 Å². The highest BCUT2D eigenvalue weighted by molar-refractivity contribution is 5.99. The lowest BCUT2D eigenvalue weighted by Crippen LogP contribution is -2.48. The Morgan fingerprint density at radius 2 is 2.25 bits per heavy atom. The van der Waals surface area contributed by atoms with Gasteiger partial charge in [0.2, 0.25) is 5.91 Å². The Balaban J connectivity index is 1.82. The normalized spacial score (nSPS) is 23.0. The summed E-state index contributed by atoms with van der Waals surface area (Å²) in [5, 5.41) is 4.34. The fourth-order valence-electron chi connectivity index (χ4n) is 4.33. The molecular weight excluding hydrogens is 298 g/mol. The second kappa shape index (κ2) is 6.10. The number of nitrogens with zero attached hydrogens (tertiary/aromatic N) is 1.